The van der Waals surface area contributed by atoms with Crippen molar-refractivity contribution in [1.29, 1.82) is 0 Å². The molecule has 1 aromatic heterocycles. The fourth-order valence-electron chi connectivity index (χ4n) is 2.93. The molecule has 0 bridgehead atoms. The second-order valence-corrected chi connectivity index (χ2v) is 5.65. The van der Waals surface area contributed by atoms with Crippen LogP contribution in [-0.2, 0) is 9.47 Å². The van der Waals surface area contributed by atoms with Gasteiger partial charge in [-0.1, -0.05) is 26.7 Å². The minimum absolute atomic E-state index is 0.218. The van der Waals surface area contributed by atoms with Crippen LogP contribution in [-0.4, -0.2) is 42.0 Å². The number of nitrogens with one attached hydrogen (secondary N) is 1. The Kier molecular flexibility index (Phi) is 6.12. The minimum atomic E-state index is -0.473. The Morgan fingerprint density at radius 1 is 1.41 bits per heavy atom. The molecule has 0 amide bonds. The molecule has 6 heteroatoms. The molecule has 1 fully saturated rings. The van der Waals surface area contributed by atoms with Crippen molar-refractivity contribution in [2.75, 3.05) is 19.0 Å². The number of hydrogen-bond acceptors (Lipinski definition) is 6. The summed E-state index contributed by atoms with van der Waals surface area (Å²) >= 11 is 0. The number of ether oxygens (including phenoxy) is 2. The molecular formula is C16H25N3O3. The van der Waals surface area contributed by atoms with E-state index < -0.39 is 5.97 Å². The lowest BCUT2D eigenvalue weighted by Crippen LogP contribution is -2.38. The van der Waals surface area contributed by atoms with Gasteiger partial charge in [0.2, 0.25) is 0 Å². The standard InChI is InChI=1S/C16H25N3O3/c1-4-11(5-2)14-10-12(8-9-22-14)17-15-7-6-13(18-19-15)16(20)21-3/h6-7,11-12,14H,4-5,8-10H2,1-3H3,(H,17,19). The highest BCUT2D eigenvalue weighted by Gasteiger charge is 2.27. The Hall–Kier alpha value is -1.69. The van der Waals surface area contributed by atoms with Crippen LogP contribution in [0.4, 0.5) is 5.82 Å². The third-order valence-corrected chi connectivity index (χ3v) is 4.30. The van der Waals surface area contributed by atoms with Crippen molar-refractivity contribution in [3.05, 3.63) is 17.8 Å². The molecule has 2 unspecified atom stereocenters. The van der Waals surface area contributed by atoms with Crippen LogP contribution in [0.25, 0.3) is 0 Å². The molecule has 1 aromatic rings. The van der Waals surface area contributed by atoms with Crippen molar-refractivity contribution in [1.82, 2.24) is 10.2 Å². The zero-order chi connectivity index (χ0) is 15.9. The summed E-state index contributed by atoms with van der Waals surface area (Å²) in [4.78, 5) is 11.3. The van der Waals surface area contributed by atoms with Crippen LogP contribution >= 0.6 is 0 Å². The van der Waals surface area contributed by atoms with E-state index in [0.717, 1.165) is 32.3 Å². The molecule has 2 atom stereocenters. The maximum atomic E-state index is 11.3. The van der Waals surface area contributed by atoms with Gasteiger partial charge in [0, 0.05) is 12.6 Å². The van der Waals surface area contributed by atoms with Gasteiger partial charge in [-0.2, -0.15) is 0 Å². The van der Waals surface area contributed by atoms with E-state index in [2.05, 4.69) is 34.1 Å². The number of hydrogen-bond donors (Lipinski definition) is 1. The number of methoxy groups -OCH3 is 1. The van der Waals surface area contributed by atoms with E-state index in [1.54, 1.807) is 12.1 Å². The Morgan fingerprint density at radius 3 is 2.77 bits per heavy atom. The second-order valence-electron chi connectivity index (χ2n) is 5.65. The molecule has 1 aliphatic rings. The number of carbonyl (C=O) groups excluding carboxylic acids is 1. The van der Waals surface area contributed by atoms with Gasteiger partial charge in [0.15, 0.2) is 5.69 Å². The Labute approximate surface area is 131 Å². The van der Waals surface area contributed by atoms with Gasteiger partial charge in [0.05, 0.1) is 13.2 Å². The van der Waals surface area contributed by atoms with Crippen LogP contribution < -0.4 is 5.32 Å². The van der Waals surface area contributed by atoms with E-state index in [1.165, 1.54) is 7.11 Å². The Balaban J connectivity index is 1.94. The monoisotopic (exact) mass is 307 g/mol. The highest BCUT2D eigenvalue weighted by molar-refractivity contribution is 5.86. The normalized spacial score (nSPS) is 21.6. The van der Waals surface area contributed by atoms with Gasteiger partial charge in [0.1, 0.15) is 5.82 Å². The first-order valence-electron chi connectivity index (χ1n) is 7.98. The Bertz CT molecular complexity index is 474. The second kappa shape index (κ2) is 8.08. The number of carbonyl (C=O) groups is 1. The number of aromatic nitrogens is 2. The van der Waals surface area contributed by atoms with Crippen molar-refractivity contribution < 1.29 is 14.3 Å². The molecular weight excluding hydrogens is 282 g/mol. The number of nitrogens with zero attached hydrogens (tertiary/aromatic N) is 2. The quantitative estimate of drug-likeness (QED) is 0.815. The van der Waals surface area contributed by atoms with E-state index in [9.17, 15) is 4.79 Å². The van der Waals surface area contributed by atoms with Crippen molar-refractivity contribution >= 4 is 11.8 Å². The van der Waals surface area contributed by atoms with Gasteiger partial charge in [0.25, 0.3) is 0 Å². The van der Waals surface area contributed by atoms with Gasteiger partial charge >= 0.3 is 5.97 Å². The molecule has 0 aromatic carbocycles. The average molecular weight is 307 g/mol. The highest BCUT2D eigenvalue weighted by atomic mass is 16.5. The molecule has 2 heterocycles. The number of rotatable bonds is 6. The molecule has 6 nitrogen and oxygen atoms in total. The molecule has 1 saturated heterocycles. The smallest absolute Gasteiger partial charge is 0.358 e. The zero-order valence-corrected chi connectivity index (χ0v) is 13.5. The molecule has 0 aliphatic carbocycles. The van der Waals surface area contributed by atoms with Gasteiger partial charge in [-0.05, 0) is 30.9 Å². The van der Waals surface area contributed by atoms with E-state index in [1.807, 2.05) is 0 Å². The van der Waals surface area contributed by atoms with E-state index >= 15 is 0 Å². The zero-order valence-electron chi connectivity index (χ0n) is 13.5. The predicted molar refractivity (Wildman–Crippen MR) is 83.8 cm³/mol. The maximum Gasteiger partial charge on any atom is 0.358 e. The molecule has 0 saturated carbocycles. The molecule has 1 N–H and O–H groups in total. The van der Waals surface area contributed by atoms with Gasteiger partial charge in [-0.15, -0.1) is 10.2 Å². The third kappa shape index (κ3) is 4.16. The van der Waals surface area contributed by atoms with Gasteiger partial charge in [-0.25, -0.2) is 4.79 Å². The topological polar surface area (TPSA) is 73.3 Å². The fraction of sp³-hybridized carbons (Fsp3) is 0.688. The highest BCUT2D eigenvalue weighted by Crippen LogP contribution is 2.26. The SMILES string of the molecule is CCC(CC)C1CC(Nc2ccc(C(=O)OC)nn2)CCO1. The van der Waals surface area contributed by atoms with Crippen LogP contribution in [0.5, 0.6) is 0 Å². The molecule has 122 valence electrons. The third-order valence-electron chi connectivity index (χ3n) is 4.30. The maximum absolute atomic E-state index is 11.3. The lowest BCUT2D eigenvalue weighted by Gasteiger charge is -2.34. The average Bonchev–Trinajstić information content (AvgIpc) is 2.56. The van der Waals surface area contributed by atoms with Crippen LogP contribution in [0.3, 0.4) is 0 Å². The molecule has 2 rings (SSSR count). The minimum Gasteiger partial charge on any atom is -0.464 e. The predicted octanol–water partition coefficient (Wildman–Crippen LogP) is 2.66. The van der Waals surface area contributed by atoms with Crippen LogP contribution in [0.1, 0.15) is 50.0 Å². The summed E-state index contributed by atoms with van der Waals surface area (Å²) in [7, 11) is 1.33. The number of esters is 1. The first kappa shape index (κ1) is 16.7. The lowest BCUT2D eigenvalue weighted by atomic mass is 9.89. The van der Waals surface area contributed by atoms with Gasteiger partial charge < -0.3 is 14.8 Å². The molecule has 0 radical (unpaired) electrons. The van der Waals surface area contributed by atoms with Crippen molar-refractivity contribution in [3.63, 3.8) is 0 Å². The van der Waals surface area contributed by atoms with Crippen LogP contribution in [0, 0.1) is 5.92 Å². The summed E-state index contributed by atoms with van der Waals surface area (Å²) in [6, 6.07) is 3.72. The van der Waals surface area contributed by atoms with Crippen molar-refractivity contribution in [3.8, 4) is 0 Å². The summed E-state index contributed by atoms with van der Waals surface area (Å²) in [6.07, 6.45) is 4.52. The van der Waals surface area contributed by atoms with Crippen molar-refractivity contribution in [2.45, 2.75) is 51.7 Å². The summed E-state index contributed by atoms with van der Waals surface area (Å²) in [5.74, 6) is 0.819. The molecule has 1 aliphatic heterocycles. The first-order chi connectivity index (χ1) is 10.7. The lowest BCUT2D eigenvalue weighted by molar-refractivity contribution is -0.0271. The Morgan fingerprint density at radius 2 is 2.18 bits per heavy atom. The van der Waals surface area contributed by atoms with E-state index in [0.29, 0.717) is 23.9 Å². The largest absolute Gasteiger partial charge is 0.464 e. The fourth-order valence-corrected chi connectivity index (χ4v) is 2.93. The van der Waals surface area contributed by atoms with Crippen molar-refractivity contribution in [2.24, 2.45) is 5.92 Å². The molecule has 22 heavy (non-hydrogen) atoms. The first-order valence-corrected chi connectivity index (χ1v) is 7.98. The van der Waals surface area contributed by atoms with Gasteiger partial charge in [-0.3, -0.25) is 0 Å². The summed E-state index contributed by atoms with van der Waals surface area (Å²) < 4.78 is 10.5. The summed E-state index contributed by atoms with van der Waals surface area (Å²) in [5.41, 5.74) is 0.218. The summed E-state index contributed by atoms with van der Waals surface area (Å²) in [5, 5.41) is 11.3. The van der Waals surface area contributed by atoms with Crippen LogP contribution in [0.15, 0.2) is 12.1 Å². The van der Waals surface area contributed by atoms with Crippen LogP contribution in [0.2, 0.25) is 0 Å². The van der Waals surface area contributed by atoms with E-state index in [-0.39, 0.29) is 5.69 Å². The number of anilines is 1. The summed E-state index contributed by atoms with van der Waals surface area (Å²) in [6.45, 7) is 5.20. The van der Waals surface area contributed by atoms with E-state index in [4.69, 9.17) is 4.74 Å². The molecule has 0 spiro atoms.